The highest BCUT2D eigenvalue weighted by Gasteiger charge is 2.14. The highest BCUT2D eigenvalue weighted by atomic mass is 32.2. The fourth-order valence-corrected chi connectivity index (χ4v) is 2.91. The normalized spacial score (nSPS) is 12.1. The molecule has 144 valence electrons. The number of hydrogen-bond acceptors (Lipinski definition) is 5. The first kappa shape index (κ1) is 20.5. The van der Waals surface area contributed by atoms with Crippen LogP contribution in [-0.4, -0.2) is 51.1 Å². The van der Waals surface area contributed by atoms with Gasteiger partial charge in [0.15, 0.2) is 0 Å². The monoisotopic (exact) mass is 380 g/mol. The molecular formula is C19H28N2O4S. The van der Waals surface area contributed by atoms with Crippen molar-refractivity contribution in [2.24, 2.45) is 0 Å². The van der Waals surface area contributed by atoms with Gasteiger partial charge in [-0.2, -0.15) is 4.31 Å². The van der Waals surface area contributed by atoms with Crippen molar-refractivity contribution in [1.29, 1.82) is 0 Å². The van der Waals surface area contributed by atoms with Crippen LogP contribution in [0, 0.1) is 13.8 Å². The summed E-state index contributed by atoms with van der Waals surface area (Å²) in [6.45, 7) is 6.33. The molecule has 0 aliphatic rings. The predicted molar refractivity (Wildman–Crippen MR) is 103 cm³/mol. The summed E-state index contributed by atoms with van der Waals surface area (Å²) < 4.78 is 35.8. The van der Waals surface area contributed by atoms with Gasteiger partial charge >= 0.3 is 0 Å². The molecule has 0 bridgehead atoms. The molecule has 0 aliphatic carbocycles. The molecule has 0 atom stereocenters. The molecule has 0 saturated carbocycles. The summed E-state index contributed by atoms with van der Waals surface area (Å²) in [6, 6.07) is 9.85. The molecule has 0 radical (unpaired) electrons. The molecule has 0 N–H and O–H groups in total. The molecule has 0 saturated heterocycles. The number of likely N-dealkylation sites (N-methyl/N-ethyl adjacent to an activating group) is 1. The van der Waals surface area contributed by atoms with E-state index < -0.39 is 10.0 Å². The van der Waals surface area contributed by atoms with Gasteiger partial charge in [0.25, 0.3) is 0 Å². The van der Waals surface area contributed by atoms with Gasteiger partial charge in [0.2, 0.25) is 10.0 Å². The molecule has 7 heteroatoms. The Kier molecular flexibility index (Phi) is 6.86. The Morgan fingerprint density at radius 2 is 1.69 bits per heavy atom. The SMILES string of the molecule is Cc1ccc(OCCN(C)Cc2ccc(CN(C)S(C)(=O)=O)o2)c(C)c1. The molecule has 0 spiro atoms. The quantitative estimate of drug-likeness (QED) is 0.669. The lowest BCUT2D eigenvalue weighted by Crippen LogP contribution is -2.24. The zero-order valence-electron chi connectivity index (χ0n) is 16.2. The Morgan fingerprint density at radius 3 is 2.31 bits per heavy atom. The Bertz CT molecular complexity index is 830. The lowest BCUT2D eigenvalue weighted by atomic mass is 10.1. The smallest absolute Gasteiger partial charge is 0.211 e. The van der Waals surface area contributed by atoms with Crippen LogP contribution in [0.4, 0.5) is 0 Å². The zero-order valence-corrected chi connectivity index (χ0v) is 17.0. The molecule has 0 aliphatic heterocycles. The third-order valence-corrected chi connectivity index (χ3v) is 5.41. The third-order valence-electron chi connectivity index (χ3n) is 4.15. The molecule has 1 heterocycles. The van der Waals surface area contributed by atoms with E-state index in [1.807, 2.05) is 38.2 Å². The number of nitrogens with zero attached hydrogens (tertiary/aromatic N) is 2. The van der Waals surface area contributed by atoms with Gasteiger partial charge in [0, 0.05) is 13.6 Å². The van der Waals surface area contributed by atoms with Gasteiger partial charge < -0.3 is 9.15 Å². The van der Waals surface area contributed by atoms with Gasteiger partial charge in [-0.25, -0.2) is 8.42 Å². The molecule has 0 amide bonds. The average molecular weight is 381 g/mol. The molecule has 0 unspecified atom stereocenters. The summed E-state index contributed by atoms with van der Waals surface area (Å²) in [7, 11) is 0.319. The third kappa shape index (κ3) is 6.16. The second-order valence-corrected chi connectivity index (χ2v) is 8.83. The van der Waals surface area contributed by atoms with Crippen LogP contribution in [0.2, 0.25) is 0 Å². The van der Waals surface area contributed by atoms with Crippen LogP contribution in [-0.2, 0) is 23.1 Å². The van der Waals surface area contributed by atoms with Crippen molar-refractivity contribution in [3.05, 3.63) is 53.0 Å². The number of furan rings is 1. The summed E-state index contributed by atoms with van der Waals surface area (Å²) in [5.74, 6) is 2.34. The maximum atomic E-state index is 11.5. The molecule has 1 aromatic heterocycles. The van der Waals surface area contributed by atoms with Crippen molar-refractivity contribution < 1.29 is 17.6 Å². The van der Waals surface area contributed by atoms with Gasteiger partial charge in [0.1, 0.15) is 23.9 Å². The van der Waals surface area contributed by atoms with Crippen molar-refractivity contribution in [2.75, 3.05) is 33.5 Å². The Morgan fingerprint density at radius 1 is 1.04 bits per heavy atom. The minimum atomic E-state index is -3.21. The maximum absolute atomic E-state index is 11.5. The first-order valence-electron chi connectivity index (χ1n) is 8.52. The van der Waals surface area contributed by atoms with E-state index in [9.17, 15) is 8.42 Å². The lowest BCUT2D eigenvalue weighted by Gasteiger charge is -2.16. The number of aryl methyl sites for hydroxylation is 2. The Balaban J connectivity index is 1.80. The van der Waals surface area contributed by atoms with E-state index >= 15 is 0 Å². The van der Waals surface area contributed by atoms with Crippen LogP contribution in [0.15, 0.2) is 34.7 Å². The van der Waals surface area contributed by atoms with Gasteiger partial charge in [0.05, 0.1) is 19.3 Å². The fraction of sp³-hybridized carbons (Fsp3) is 0.474. The van der Waals surface area contributed by atoms with E-state index in [1.165, 1.54) is 23.2 Å². The van der Waals surface area contributed by atoms with Crippen LogP contribution < -0.4 is 4.74 Å². The topological polar surface area (TPSA) is 63.0 Å². The summed E-state index contributed by atoms with van der Waals surface area (Å²) in [5, 5.41) is 0. The first-order valence-corrected chi connectivity index (χ1v) is 10.4. The van der Waals surface area contributed by atoms with E-state index in [2.05, 4.69) is 17.9 Å². The molecule has 2 rings (SSSR count). The summed E-state index contributed by atoms with van der Waals surface area (Å²) >= 11 is 0. The number of benzene rings is 1. The molecular weight excluding hydrogens is 352 g/mol. The first-order chi connectivity index (χ1) is 12.1. The highest BCUT2D eigenvalue weighted by Crippen LogP contribution is 2.18. The number of rotatable bonds is 9. The van der Waals surface area contributed by atoms with Crippen molar-refractivity contribution in [2.45, 2.75) is 26.9 Å². The highest BCUT2D eigenvalue weighted by molar-refractivity contribution is 7.88. The summed E-state index contributed by atoms with van der Waals surface area (Å²) in [4.78, 5) is 2.10. The van der Waals surface area contributed by atoms with Crippen molar-refractivity contribution in [3.8, 4) is 5.75 Å². The van der Waals surface area contributed by atoms with Gasteiger partial charge in [-0.1, -0.05) is 17.7 Å². The minimum absolute atomic E-state index is 0.234. The van der Waals surface area contributed by atoms with Crippen molar-refractivity contribution in [3.63, 3.8) is 0 Å². The molecule has 2 aromatic rings. The fourth-order valence-electron chi connectivity index (χ4n) is 2.55. The predicted octanol–water partition coefficient (Wildman–Crippen LogP) is 2.80. The standard InChI is InChI=1S/C19H28N2O4S/c1-15-6-9-19(16(2)12-15)24-11-10-20(3)13-17-7-8-18(25-17)14-21(4)26(5,22)23/h6-9,12H,10-11,13-14H2,1-5H3. The largest absolute Gasteiger partial charge is 0.492 e. The van der Waals surface area contributed by atoms with Gasteiger partial charge in [-0.05, 0) is 44.7 Å². The molecule has 6 nitrogen and oxygen atoms in total. The van der Waals surface area contributed by atoms with Crippen LogP contribution >= 0.6 is 0 Å². The van der Waals surface area contributed by atoms with Crippen LogP contribution in [0.5, 0.6) is 5.75 Å². The van der Waals surface area contributed by atoms with Gasteiger partial charge in [-0.15, -0.1) is 0 Å². The number of hydrogen-bond donors (Lipinski definition) is 0. The van der Waals surface area contributed by atoms with Crippen LogP contribution in [0.1, 0.15) is 22.6 Å². The summed E-state index contributed by atoms with van der Waals surface area (Å²) in [6.07, 6.45) is 1.18. The summed E-state index contributed by atoms with van der Waals surface area (Å²) in [5.41, 5.74) is 2.36. The number of ether oxygens (including phenoxy) is 1. The van der Waals surface area contributed by atoms with E-state index in [0.29, 0.717) is 18.9 Å². The van der Waals surface area contributed by atoms with E-state index in [0.717, 1.165) is 23.6 Å². The molecule has 26 heavy (non-hydrogen) atoms. The minimum Gasteiger partial charge on any atom is -0.492 e. The maximum Gasteiger partial charge on any atom is 0.211 e. The second-order valence-electron chi connectivity index (χ2n) is 6.74. The lowest BCUT2D eigenvalue weighted by molar-refractivity contribution is 0.219. The average Bonchev–Trinajstić information content (AvgIpc) is 2.95. The van der Waals surface area contributed by atoms with E-state index in [1.54, 1.807) is 0 Å². The Labute approximate surface area is 156 Å². The molecule has 0 fully saturated rings. The zero-order chi connectivity index (χ0) is 19.3. The van der Waals surface area contributed by atoms with Crippen LogP contribution in [0.25, 0.3) is 0 Å². The van der Waals surface area contributed by atoms with Gasteiger partial charge in [-0.3, -0.25) is 4.90 Å². The second kappa shape index (κ2) is 8.70. The number of sulfonamides is 1. The van der Waals surface area contributed by atoms with Crippen molar-refractivity contribution >= 4 is 10.0 Å². The van der Waals surface area contributed by atoms with Crippen molar-refractivity contribution in [1.82, 2.24) is 9.21 Å². The Hall–Kier alpha value is -1.83. The van der Waals surface area contributed by atoms with Crippen LogP contribution in [0.3, 0.4) is 0 Å². The van der Waals surface area contributed by atoms with E-state index in [-0.39, 0.29) is 6.54 Å². The van der Waals surface area contributed by atoms with E-state index in [4.69, 9.17) is 9.15 Å². The molecule has 1 aromatic carbocycles.